The Morgan fingerprint density at radius 3 is 2.57 bits per heavy atom. The second kappa shape index (κ2) is 7.91. The van der Waals surface area contributed by atoms with E-state index < -0.39 is 11.2 Å². The van der Waals surface area contributed by atoms with Crippen molar-refractivity contribution >= 4 is 28.4 Å². The SMILES string of the molecule is CNC(=O)c1cccc(NC(=O)CCn2c(=O)[nH]c(=O)c3ccccc32)c1C. The monoisotopic (exact) mass is 380 g/mol. The highest BCUT2D eigenvalue weighted by atomic mass is 16.2. The molecule has 0 saturated carbocycles. The van der Waals surface area contributed by atoms with Gasteiger partial charge in [0.05, 0.1) is 10.9 Å². The third-order valence-corrected chi connectivity index (χ3v) is 4.55. The molecule has 2 amide bonds. The molecule has 0 spiro atoms. The van der Waals surface area contributed by atoms with E-state index in [-0.39, 0.29) is 24.8 Å². The number of carbonyl (C=O) groups is 2. The first-order valence-corrected chi connectivity index (χ1v) is 8.75. The number of hydrogen-bond donors (Lipinski definition) is 3. The van der Waals surface area contributed by atoms with Crippen molar-refractivity contribution in [2.45, 2.75) is 19.9 Å². The van der Waals surface area contributed by atoms with Crippen LogP contribution in [0.5, 0.6) is 0 Å². The summed E-state index contributed by atoms with van der Waals surface area (Å²) >= 11 is 0. The number of amides is 2. The fourth-order valence-electron chi connectivity index (χ4n) is 3.04. The number of nitrogens with zero attached hydrogens (tertiary/aromatic N) is 1. The van der Waals surface area contributed by atoms with Crippen LogP contribution >= 0.6 is 0 Å². The van der Waals surface area contributed by atoms with Crippen LogP contribution in [0, 0.1) is 6.92 Å². The summed E-state index contributed by atoms with van der Waals surface area (Å²) in [5.41, 5.74) is 1.12. The minimum atomic E-state index is -0.561. The maximum Gasteiger partial charge on any atom is 0.328 e. The van der Waals surface area contributed by atoms with E-state index in [0.29, 0.717) is 27.7 Å². The molecule has 0 aliphatic carbocycles. The molecule has 0 fully saturated rings. The topological polar surface area (TPSA) is 113 Å². The Kier molecular flexibility index (Phi) is 5.39. The summed E-state index contributed by atoms with van der Waals surface area (Å²) in [6.07, 6.45) is 0.0274. The Labute approximate surface area is 160 Å². The smallest absolute Gasteiger partial charge is 0.328 e. The Balaban J connectivity index is 1.80. The Morgan fingerprint density at radius 1 is 1.07 bits per heavy atom. The minimum absolute atomic E-state index is 0.0274. The maximum atomic E-state index is 12.4. The fraction of sp³-hybridized carbons (Fsp3) is 0.200. The molecule has 1 aromatic heterocycles. The summed E-state index contributed by atoms with van der Waals surface area (Å²) in [5.74, 6) is -0.542. The Bertz CT molecular complexity index is 1180. The van der Waals surface area contributed by atoms with E-state index in [9.17, 15) is 19.2 Å². The van der Waals surface area contributed by atoms with Gasteiger partial charge in [0.1, 0.15) is 0 Å². The van der Waals surface area contributed by atoms with E-state index in [1.54, 1.807) is 56.4 Å². The van der Waals surface area contributed by atoms with E-state index >= 15 is 0 Å². The lowest BCUT2D eigenvalue weighted by Gasteiger charge is -2.13. The minimum Gasteiger partial charge on any atom is -0.355 e. The van der Waals surface area contributed by atoms with Gasteiger partial charge in [0, 0.05) is 31.3 Å². The lowest BCUT2D eigenvalue weighted by Crippen LogP contribution is -2.31. The number of H-pyrrole nitrogens is 1. The molecular weight excluding hydrogens is 360 g/mol. The van der Waals surface area contributed by atoms with Crippen molar-refractivity contribution in [1.29, 1.82) is 0 Å². The van der Waals surface area contributed by atoms with Crippen molar-refractivity contribution in [3.63, 3.8) is 0 Å². The van der Waals surface area contributed by atoms with Gasteiger partial charge in [0.25, 0.3) is 11.5 Å². The normalized spacial score (nSPS) is 10.6. The van der Waals surface area contributed by atoms with Crippen LogP contribution in [-0.4, -0.2) is 28.4 Å². The molecular formula is C20H20N4O4. The van der Waals surface area contributed by atoms with Crippen LogP contribution in [0.4, 0.5) is 5.69 Å². The predicted octanol–water partition coefficient (Wildman–Crippen LogP) is 1.39. The van der Waals surface area contributed by atoms with Gasteiger partial charge in [-0.2, -0.15) is 0 Å². The first-order chi connectivity index (χ1) is 13.4. The summed E-state index contributed by atoms with van der Waals surface area (Å²) in [7, 11) is 1.54. The van der Waals surface area contributed by atoms with E-state index in [0.717, 1.165) is 0 Å². The van der Waals surface area contributed by atoms with Crippen molar-refractivity contribution in [2.24, 2.45) is 0 Å². The second-order valence-electron chi connectivity index (χ2n) is 6.28. The number of aryl methyl sites for hydroxylation is 1. The molecule has 0 saturated heterocycles. The molecule has 0 atom stereocenters. The lowest BCUT2D eigenvalue weighted by molar-refractivity contribution is -0.116. The lowest BCUT2D eigenvalue weighted by atomic mass is 10.1. The standard InChI is InChI=1S/C20H20N4O4/c1-12-13(18(26)21-2)7-5-8-15(12)22-17(25)10-11-24-16-9-4-3-6-14(16)19(27)23-20(24)28/h3-9H,10-11H2,1-2H3,(H,21,26)(H,22,25)(H,23,27,28). The quantitative estimate of drug-likeness (QED) is 0.621. The number of nitrogens with one attached hydrogen (secondary N) is 3. The van der Waals surface area contributed by atoms with Gasteiger partial charge in [-0.25, -0.2) is 4.79 Å². The molecule has 2 aromatic carbocycles. The number of aromatic nitrogens is 2. The van der Waals surface area contributed by atoms with E-state index in [1.165, 1.54) is 4.57 Å². The van der Waals surface area contributed by atoms with Crippen LogP contribution in [0.15, 0.2) is 52.1 Å². The van der Waals surface area contributed by atoms with Gasteiger partial charge < -0.3 is 10.6 Å². The van der Waals surface area contributed by atoms with Gasteiger partial charge in [-0.1, -0.05) is 18.2 Å². The highest BCUT2D eigenvalue weighted by Crippen LogP contribution is 2.19. The molecule has 1 heterocycles. The van der Waals surface area contributed by atoms with Crippen molar-refractivity contribution in [2.75, 3.05) is 12.4 Å². The van der Waals surface area contributed by atoms with Gasteiger partial charge in [-0.3, -0.25) is 23.9 Å². The van der Waals surface area contributed by atoms with Crippen molar-refractivity contribution in [3.8, 4) is 0 Å². The number of aromatic amines is 1. The summed E-state index contributed by atoms with van der Waals surface area (Å²) in [4.78, 5) is 50.6. The van der Waals surface area contributed by atoms with E-state index in [1.807, 2.05) is 0 Å². The first-order valence-electron chi connectivity index (χ1n) is 8.75. The number of fused-ring (bicyclic) bond motifs is 1. The average Bonchev–Trinajstić information content (AvgIpc) is 2.69. The van der Waals surface area contributed by atoms with Crippen molar-refractivity contribution in [1.82, 2.24) is 14.9 Å². The van der Waals surface area contributed by atoms with Gasteiger partial charge in [-0.15, -0.1) is 0 Å². The third kappa shape index (κ3) is 3.71. The number of anilines is 1. The van der Waals surface area contributed by atoms with Crippen LogP contribution in [-0.2, 0) is 11.3 Å². The summed E-state index contributed by atoms with van der Waals surface area (Å²) in [6.45, 7) is 1.86. The van der Waals surface area contributed by atoms with Gasteiger partial charge >= 0.3 is 5.69 Å². The number of para-hydroxylation sites is 1. The zero-order valence-electron chi connectivity index (χ0n) is 15.5. The number of carbonyl (C=O) groups excluding carboxylic acids is 2. The highest BCUT2D eigenvalue weighted by Gasteiger charge is 2.13. The maximum absolute atomic E-state index is 12.4. The third-order valence-electron chi connectivity index (χ3n) is 4.55. The molecule has 0 radical (unpaired) electrons. The molecule has 0 aliphatic rings. The fourth-order valence-corrected chi connectivity index (χ4v) is 3.04. The van der Waals surface area contributed by atoms with E-state index in [2.05, 4.69) is 15.6 Å². The van der Waals surface area contributed by atoms with Crippen LogP contribution in [0.2, 0.25) is 0 Å². The Hall–Kier alpha value is -3.68. The van der Waals surface area contributed by atoms with Gasteiger partial charge in [0.2, 0.25) is 5.91 Å². The number of benzene rings is 2. The molecule has 28 heavy (non-hydrogen) atoms. The van der Waals surface area contributed by atoms with Crippen LogP contribution < -0.4 is 21.9 Å². The average molecular weight is 380 g/mol. The zero-order valence-corrected chi connectivity index (χ0v) is 15.5. The van der Waals surface area contributed by atoms with Gasteiger partial charge in [0.15, 0.2) is 0 Å². The highest BCUT2D eigenvalue weighted by molar-refractivity contribution is 5.99. The molecule has 0 bridgehead atoms. The summed E-state index contributed by atoms with van der Waals surface area (Å²) in [5, 5.41) is 5.72. The molecule has 3 aromatic rings. The largest absolute Gasteiger partial charge is 0.355 e. The first kappa shape index (κ1) is 19.1. The van der Waals surface area contributed by atoms with Crippen LogP contribution in [0.25, 0.3) is 10.9 Å². The second-order valence-corrected chi connectivity index (χ2v) is 6.28. The van der Waals surface area contributed by atoms with Crippen LogP contribution in [0.1, 0.15) is 22.3 Å². The molecule has 144 valence electrons. The molecule has 0 aliphatic heterocycles. The molecule has 0 unspecified atom stereocenters. The van der Waals surface area contributed by atoms with Gasteiger partial charge in [-0.05, 0) is 36.8 Å². The van der Waals surface area contributed by atoms with E-state index in [4.69, 9.17) is 0 Å². The van der Waals surface area contributed by atoms with Crippen molar-refractivity contribution < 1.29 is 9.59 Å². The number of rotatable bonds is 5. The Morgan fingerprint density at radius 2 is 1.82 bits per heavy atom. The molecule has 3 rings (SSSR count). The predicted molar refractivity (Wildman–Crippen MR) is 107 cm³/mol. The van der Waals surface area contributed by atoms with Crippen LogP contribution in [0.3, 0.4) is 0 Å². The summed E-state index contributed by atoms with van der Waals surface area (Å²) in [6, 6.07) is 11.8. The summed E-state index contributed by atoms with van der Waals surface area (Å²) < 4.78 is 1.37. The molecule has 8 heteroatoms. The molecule has 8 nitrogen and oxygen atoms in total. The van der Waals surface area contributed by atoms with Crippen molar-refractivity contribution in [3.05, 3.63) is 74.4 Å². The zero-order chi connectivity index (χ0) is 20.3. The number of hydrogen-bond acceptors (Lipinski definition) is 4. The molecule has 3 N–H and O–H groups in total.